The zero-order valence-corrected chi connectivity index (χ0v) is 18.6. The van der Waals surface area contributed by atoms with Crippen molar-refractivity contribution in [2.24, 2.45) is 4.99 Å². The summed E-state index contributed by atoms with van der Waals surface area (Å²) in [6, 6.07) is 7.81. The van der Waals surface area contributed by atoms with Crippen LogP contribution in [0.2, 0.25) is 5.02 Å². The molecule has 0 bridgehead atoms. The van der Waals surface area contributed by atoms with Crippen LogP contribution in [0.5, 0.6) is 0 Å². The van der Waals surface area contributed by atoms with Crippen molar-refractivity contribution in [1.29, 1.82) is 0 Å². The summed E-state index contributed by atoms with van der Waals surface area (Å²) in [7, 11) is 0. The smallest absolute Gasteiger partial charge is 0.319 e. The van der Waals surface area contributed by atoms with Crippen molar-refractivity contribution in [3.8, 4) is 0 Å². The zero-order chi connectivity index (χ0) is 19.2. The number of hydrogen-bond acceptors (Lipinski definition) is 3. The van der Waals surface area contributed by atoms with E-state index in [4.69, 9.17) is 11.6 Å². The lowest BCUT2D eigenvalue weighted by Crippen LogP contribution is -2.52. The molecular formula is C18H24ClF2IN6. The van der Waals surface area contributed by atoms with Crippen LogP contribution in [0.25, 0.3) is 0 Å². The number of rotatable bonds is 5. The number of aliphatic imine (C=N–C) groups is 1. The Hall–Kier alpha value is -1.62. The van der Waals surface area contributed by atoms with Gasteiger partial charge < -0.3 is 15.1 Å². The normalized spacial score (nSPS) is 15.0. The van der Waals surface area contributed by atoms with Gasteiger partial charge in [0.15, 0.2) is 5.96 Å². The first-order chi connectivity index (χ1) is 13.1. The summed E-state index contributed by atoms with van der Waals surface area (Å²) >= 11 is 6.08. The van der Waals surface area contributed by atoms with Gasteiger partial charge in [-0.1, -0.05) is 17.7 Å². The third-order valence-corrected chi connectivity index (χ3v) is 4.65. The largest absolute Gasteiger partial charge is 0.368 e. The second-order valence-corrected chi connectivity index (χ2v) is 6.59. The Bertz CT molecular complexity index is 777. The monoisotopic (exact) mass is 524 g/mol. The van der Waals surface area contributed by atoms with Crippen LogP contribution in [0, 0.1) is 0 Å². The Kier molecular flexibility index (Phi) is 8.74. The summed E-state index contributed by atoms with van der Waals surface area (Å²) in [4.78, 5) is 12.9. The number of piperazine rings is 1. The van der Waals surface area contributed by atoms with Gasteiger partial charge in [-0.3, -0.25) is 4.57 Å². The topological polar surface area (TPSA) is 48.7 Å². The van der Waals surface area contributed by atoms with E-state index in [1.54, 1.807) is 0 Å². The van der Waals surface area contributed by atoms with Crippen molar-refractivity contribution >= 4 is 47.2 Å². The maximum Gasteiger partial charge on any atom is 0.319 e. The highest BCUT2D eigenvalue weighted by Gasteiger charge is 2.20. The van der Waals surface area contributed by atoms with Crippen LogP contribution in [0.1, 0.15) is 19.3 Å². The molecule has 154 valence electrons. The first-order valence-electron chi connectivity index (χ1n) is 8.92. The van der Waals surface area contributed by atoms with Crippen molar-refractivity contribution in [2.45, 2.75) is 20.0 Å². The molecule has 28 heavy (non-hydrogen) atoms. The van der Waals surface area contributed by atoms with Crippen LogP contribution < -0.4 is 10.2 Å². The summed E-state index contributed by atoms with van der Waals surface area (Å²) in [6.07, 6.45) is 2.64. The molecule has 6 nitrogen and oxygen atoms in total. The maximum atomic E-state index is 13.0. The molecular weight excluding hydrogens is 501 g/mol. The van der Waals surface area contributed by atoms with E-state index in [0.717, 1.165) is 41.5 Å². The molecule has 10 heteroatoms. The molecule has 0 saturated carbocycles. The van der Waals surface area contributed by atoms with Crippen LogP contribution in [0.3, 0.4) is 0 Å². The van der Waals surface area contributed by atoms with E-state index in [9.17, 15) is 8.78 Å². The van der Waals surface area contributed by atoms with Gasteiger partial charge >= 0.3 is 6.55 Å². The molecule has 0 unspecified atom stereocenters. The van der Waals surface area contributed by atoms with Gasteiger partial charge in [0, 0.05) is 55.8 Å². The number of imidazole rings is 1. The van der Waals surface area contributed by atoms with Gasteiger partial charge in [-0.25, -0.2) is 9.98 Å². The predicted molar refractivity (Wildman–Crippen MR) is 119 cm³/mol. The first-order valence-corrected chi connectivity index (χ1v) is 9.30. The third kappa shape index (κ3) is 5.69. The fourth-order valence-electron chi connectivity index (χ4n) is 3.06. The summed E-state index contributed by atoms with van der Waals surface area (Å²) in [5.41, 5.74) is 1.10. The van der Waals surface area contributed by atoms with Gasteiger partial charge in [0.05, 0.1) is 0 Å². The van der Waals surface area contributed by atoms with Gasteiger partial charge in [-0.2, -0.15) is 8.78 Å². The SMILES string of the molecule is CCNC(=NCc1nccn1C(F)F)N1CCN(c2cccc(Cl)c2)CC1.I. The number of hydrogen-bond donors (Lipinski definition) is 1. The van der Waals surface area contributed by atoms with Crippen molar-refractivity contribution in [3.05, 3.63) is 47.5 Å². The van der Waals surface area contributed by atoms with E-state index in [2.05, 4.69) is 25.1 Å². The van der Waals surface area contributed by atoms with Crippen molar-refractivity contribution in [3.63, 3.8) is 0 Å². The molecule has 0 amide bonds. The number of nitrogens with one attached hydrogen (secondary N) is 1. The molecule has 2 aromatic rings. The fourth-order valence-corrected chi connectivity index (χ4v) is 3.25. The molecule has 1 N–H and O–H groups in total. The molecule has 1 aliphatic rings. The molecule has 0 atom stereocenters. The molecule has 0 aliphatic carbocycles. The maximum absolute atomic E-state index is 13.0. The highest BCUT2D eigenvalue weighted by molar-refractivity contribution is 14.0. The minimum Gasteiger partial charge on any atom is -0.368 e. The summed E-state index contributed by atoms with van der Waals surface area (Å²) in [5.74, 6) is 0.963. The lowest BCUT2D eigenvalue weighted by Gasteiger charge is -2.37. The van der Waals surface area contributed by atoms with Crippen LogP contribution >= 0.6 is 35.6 Å². The molecule has 1 aromatic carbocycles. The summed E-state index contributed by atoms with van der Waals surface area (Å²) in [6.45, 7) is 3.40. The average Bonchev–Trinajstić information content (AvgIpc) is 3.14. The number of aromatic nitrogens is 2. The Morgan fingerprint density at radius 1 is 1.29 bits per heavy atom. The van der Waals surface area contributed by atoms with Gasteiger partial charge in [0.25, 0.3) is 0 Å². The molecule has 1 aromatic heterocycles. The number of benzene rings is 1. The van der Waals surface area contributed by atoms with Crippen LogP contribution in [-0.2, 0) is 6.54 Å². The quantitative estimate of drug-likeness (QED) is 0.367. The second kappa shape index (κ2) is 10.8. The third-order valence-electron chi connectivity index (χ3n) is 4.42. The minimum absolute atomic E-state index is 0. The molecule has 1 aliphatic heterocycles. The van der Waals surface area contributed by atoms with Crippen LogP contribution in [0.15, 0.2) is 41.7 Å². The molecule has 1 saturated heterocycles. The van der Waals surface area contributed by atoms with Gasteiger partial charge in [-0.05, 0) is 25.1 Å². The highest BCUT2D eigenvalue weighted by atomic mass is 127. The van der Waals surface area contributed by atoms with E-state index in [1.807, 2.05) is 31.2 Å². The molecule has 0 radical (unpaired) electrons. The van der Waals surface area contributed by atoms with E-state index in [0.29, 0.717) is 12.5 Å². The molecule has 3 rings (SSSR count). The number of alkyl halides is 2. The zero-order valence-electron chi connectivity index (χ0n) is 15.6. The Balaban J connectivity index is 0.00000280. The molecule has 2 heterocycles. The average molecular weight is 525 g/mol. The van der Waals surface area contributed by atoms with Gasteiger partial charge in [0.1, 0.15) is 12.4 Å². The van der Waals surface area contributed by atoms with E-state index < -0.39 is 6.55 Å². The van der Waals surface area contributed by atoms with Crippen LogP contribution in [-0.4, -0.2) is 53.1 Å². The number of halogens is 4. The van der Waals surface area contributed by atoms with Crippen molar-refractivity contribution < 1.29 is 8.78 Å². The first kappa shape index (κ1) is 22.7. The summed E-state index contributed by atoms with van der Waals surface area (Å²) in [5, 5.41) is 3.96. The standard InChI is InChI=1S/C18H23ClF2N6.HI/c1-2-22-18(24-13-16-23-6-7-27(16)17(20)21)26-10-8-25(9-11-26)15-5-3-4-14(19)12-15;/h3-7,12,17H,2,8-11,13H2,1H3,(H,22,24);1H. The molecule has 0 spiro atoms. The highest BCUT2D eigenvalue weighted by Crippen LogP contribution is 2.21. The van der Waals surface area contributed by atoms with E-state index >= 15 is 0 Å². The lowest BCUT2D eigenvalue weighted by molar-refractivity contribution is 0.0671. The van der Waals surface area contributed by atoms with E-state index in [1.165, 1.54) is 12.4 Å². The Morgan fingerprint density at radius 3 is 2.68 bits per heavy atom. The molecule has 1 fully saturated rings. The number of guanidine groups is 1. The fraction of sp³-hybridized carbons (Fsp3) is 0.444. The minimum atomic E-state index is -2.61. The van der Waals surface area contributed by atoms with Crippen LogP contribution in [0.4, 0.5) is 14.5 Å². The second-order valence-electron chi connectivity index (χ2n) is 6.15. The Morgan fingerprint density at radius 2 is 2.04 bits per heavy atom. The number of anilines is 1. The number of nitrogens with zero attached hydrogens (tertiary/aromatic N) is 5. The lowest BCUT2D eigenvalue weighted by atomic mass is 10.2. The summed E-state index contributed by atoms with van der Waals surface area (Å²) < 4.78 is 26.7. The van der Waals surface area contributed by atoms with Crippen molar-refractivity contribution in [1.82, 2.24) is 19.8 Å². The van der Waals surface area contributed by atoms with E-state index in [-0.39, 0.29) is 36.3 Å². The predicted octanol–water partition coefficient (Wildman–Crippen LogP) is 3.84. The van der Waals surface area contributed by atoms with Gasteiger partial charge in [0.2, 0.25) is 0 Å². The van der Waals surface area contributed by atoms with Crippen molar-refractivity contribution in [2.75, 3.05) is 37.6 Å². The van der Waals surface area contributed by atoms with Gasteiger partial charge in [-0.15, -0.1) is 24.0 Å². The Labute approximate surface area is 185 Å².